The number of nitrogens with zero attached hydrogens (tertiary/aromatic N) is 3. The van der Waals surface area contributed by atoms with Crippen molar-refractivity contribution >= 4 is 85.5 Å². The molecule has 1 aliphatic carbocycles. The third-order valence-electron chi connectivity index (χ3n) is 15.7. The molecule has 0 radical (unpaired) electrons. The lowest BCUT2D eigenvalue weighted by molar-refractivity contribution is 0.332. The Morgan fingerprint density at radius 2 is 0.986 bits per heavy atom. The maximum Gasteiger partial charge on any atom is 0.297 e. The van der Waals surface area contributed by atoms with Gasteiger partial charge in [-0.2, -0.15) is 0 Å². The first kappa shape index (κ1) is 45.0. The van der Waals surface area contributed by atoms with Gasteiger partial charge in [0.15, 0.2) is 0 Å². The average Bonchev–Trinajstić information content (AvgIpc) is 3.68. The van der Waals surface area contributed by atoms with Crippen LogP contribution >= 0.6 is 0 Å². The van der Waals surface area contributed by atoms with Crippen LogP contribution in [0.4, 0.5) is 51.2 Å². The Hall–Kier alpha value is -6.46. The summed E-state index contributed by atoms with van der Waals surface area (Å²) in [7, 11) is 0. The van der Waals surface area contributed by atoms with E-state index >= 15 is 0 Å². The van der Waals surface area contributed by atoms with Crippen molar-refractivity contribution in [2.75, 3.05) is 14.7 Å². The Morgan fingerprint density at radius 3 is 1.52 bits per heavy atom. The molecule has 3 heterocycles. The SMILES string of the molecule is CC(C)(C)c1cc(N2c3cc(C(C)(C)C)ccc3B3c4oc5cc6c(cc5c4N(c4ccccc4)c4cc(N(c5ccccc5)c5ccccc5)cc2c43)C(C)(C)CCC6(C)C)cc(C(C)(C)C)c1. The molecule has 8 aromatic rings. The number of anilines is 9. The summed E-state index contributed by atoms with van der Waals surface area (Å²) in [5.41, 5.74) is 21.2. The van der Waals surface area contributed by atoms with E-state index in [0.717, 1.165) is 63.9 Å². The number of rotatable bonds is 5. The summed E-state index contributed by atoms with van der Waals surface area (Å²) in [6.45, 7) is 30.6. The molecule has 5 heteroatoms. The van der Waals surface area contributed by atoms with E-state index < -0.39 is 0 Å². The molecule has 11 rings (SSSR count). The molecule has 3 aliphatic rings. The zero-order chi connectivity index (χ0) is 48.6. The van der Waals surface area contributed by atoms with Crippen LogP contribution in [0, 0.1) is 0 Å². The topological polar surface area (TPSA) is 22.9 Å². The Labute approximate surface area is 412 Å². The molecule has 0 atom stereocenters. The third-order valence-corrected chi connectivity index (χ3v) is 15.7. The van der Waals surface area contributed by atoms with Gasteiger partial charge in [-0.3, -0.25) is 0 Å². The summed E-state index contributed by atoms with van der Waals surface area (Å²) in [5, 5.41) is 1.17. The van der Waals surface area contributed by atoms with E-state index in [9.17, 15) is 0 Å². The van der Waals surface area contributed by atoms with Crippen molar-refractivity contribution in [1.82, 2.24) is 0 Å². The first-order valence-electron chi connectivity index (χ1n) is 25.3. The van der Waals surface area contributed by atoms with Crippen molar-refractivity contribution in [3.05, 3.63) is 179 Å². The molecule has 0 unspecified atom stereocenters. The molecule has 0 saturated heterocycles. The fourth-order valence-electron chi connectivity index (χ4n) is 11.4. The first-order chi connectivity index (χ1) is 32.6. The molecular weight excluding hydrogens is 838 g/mol. The van der Waals surface area contributed by atoms with Gasteiger partial charge in [-0.25, -0.2) is 0 Å². The van der Waals surface area contributed by atoms with Crippen LogP contribution in [-0.4, -0.2) is 6.71 Å². The summed E-state index contributed by atoms with van der Waals surface area (Å²) in [5.74, 6) is 0. The molecule has 0 saturated carbocycles. The van der Waals surface area contributed by atoms with Crippen LogP contribution in [-0.2, 0) is 27.1 Å². The maximum atomic E-state index is 7.59. The Bertz CT molecular complexity index is 3220. The number of hydrogen-bond acceptors (Lipinski definition) is 4. The van der Waals surface area contributed by atoms with Crippen LogP contribution in [0.15, 0.2) is 156 Å². The first-order valence-corrected chi connectivity index (χ1v) is 25.3. The summed E-state index contributed by atoms with van der Waals surface area (Å²) in [6.07, 6.45) is 2.28. The Morgan fingerprint density at radius 1 is 0.478 bits per heavy atom. The summed E-state index contributed by atoms with van der Waals surface area (Å²) in [4.78, 5) is 7.59. The number of hydrogen-bond donors (Lipinski definition) is 0. The Kier molecular flexibility index (Phi) is 10.1. The van der Waals surface area contributed by atoms with Crippen molar-refractivity contribution in [2.45, 2.75) is 130 Å². The summed E-state index contributed by atoms with van der Waals surface area (Å²) < 4.78 is 7.59. The maximum absolute atomic E-state index is 7.59. The van der Waals surface area contributed by atoms with Gasteiger partial charge in [0.1, 0.15) is 5.58 Å². The molecular formula is C64H68BN3O. The van der Waals surface area contributed by atoms with Gasteiger partial charge < -0.3 is 19.1 Å². The minimum atomic E-state index is -0.181. The van der Waals surface area contributed by atoms with Gasteiger partial charge in [0.05, 0.1) is 17.0 Å². The molecule has 2 aliphatic heterocycles. The molecule has 0 bridgehead atoms. The lowest BCUT2D eigenvalue weighted by Crippen LogP contribution is -2.61. The molecule has 7 aromatic carbocycles. The third kappa shape index (κ3) is 7.42. The molecule has 4 nitrogen and oxygen atoms in total. The van der Waals surface area contributed by atoms with E-state index in [1.54, 1.807) is 0 Å². The smallest absolute Gasteiger partial charge is 0.297 e. The zero-order valence-corrected chi connectivity index (χ0v) is 43.2. The predicted octanol–water partition coefficient (Wildman–Crippen LogP) is 16.2. The summed E-state index contributed by atoms with van der Waals surface area (Å²) >= 11 is 0. The van der Waals surface area contributed by atoms with Crippen LogP contribution in [0.5, 0.6) is 0 Å². The number of furan rings is 1. The van der Waals surface area contributed by atoms with Crippen molar-refractivity contribution < 1.29 is 4.42 Å². The van der Waals surface area contributed by atoms with Crippen molar-refractivity contribution in [3.8, 4) is 0 Å². The predicted molar refractivity (Wildman–Crippen MR) is 296 cm³/mol. The molecule has 1 aromatic heterocycles. The number of fused-ring (bicyclic) bond motifs is 7. The second kappa shape index (κ2) is 15.5. The molecule has 0 spiro atoms. The van der Waals surface area contributed by atoms with Gasteiger partial charge in [-0.1, -0.05) is 163 Å². The quantitative estimate of drug-likeness (QED) is 0.161. The van der Waals surface area contributed by atoms with Gasteiger partial charge in [0.25, 0.3) is 6.71 Å². The zero-order valence-electron chi connectivity index (χ0n) is 43.2. The highest BCUT2D eigenvalue weighted by Gasteiger charge is 2.48. The summed E-state index contributed by atoms with van der Waals surface area (Å²) in [6, 6.07) is 57.3. The molecule has 0 fully saturated rings. The van der Waals surface area contributed by atoms with Crippen LogP contribution in [0.2, 0.25) is 0 Å². The molecule has 0 amide bonds. The van der Waals surface area contributed by atoms with Crippen LogP contribution in [0.3, 0.4) is 0 Å². The lowest BCUT2D eigenvalue weighted by atomic mass is 9.35. The minimum absolute atomic E-state index is 0.0222. The van der Waals surface area contributed by atoms with E-state index in [4.69, 9.17) is 4.42 Å². The minimum Gasteiger partial charge on any atom is -0.468 e. The van der Waals surface area contributed by atoms with Crippen molar-refractivity contribution in [3.63, 3.8) is 0 Å². The monoisotopic (exact) mass is 906 g/mol. The fraction of sp³-hybridized carbons (Fsp3) is 0.312. The fourth-order valence-corrected chi connectivity index (χ4v) is 11.4. The van der Waals surface area contributed by atoms with Gasteiger partial charge in [-0.15, -0.1) is 0 Å². The molecule has 69 heavy (non-hydrogen) atoms. The number of para-hydroxylation sites is 3. The van der Waals surface area contributed by atoms with E-state index in [1.807, 2.05) is 0 Å². The average molecular weight is 906 g/mol. The van der Waals surface area contributed by atoms with Gasteiger partial charge in [0, 0.05) is 45.2 Å². The lowest BCUT2D eigenvalue weighted by Gasteiger charge is -2.44. The highest BCUT2D eigenvalue weighted by Crippen LogP contribution is 2.53. The van der Waals surface area contributed by atoms with E-state index in [0.29, 0.717) is 0 Å². The van der Waals surface area contributed by atoms with Crippen LogP contribution in [0.1, 0.15) is 131 Å². The van der Waals surface area contributed by atoms with E-state index in [-0.39, 0.29) is 33.8 Å². The highest BCUT2D eigenvalue weighted by molar-refractivity contribution is 7.00. The van der Waals surface area contributed by atoms with Gasteiger partial charge >= 0.3 is 0 Å². The van der Waals surface area contributed by atoms with E-state index in [1.165, 1.54) is 55.5 Å². The Balaban J connectivity index is 1.32. The van der Waals surface area contributed by atoms with Gasteiger partial charge in [0.2, 0.25) is 0 Å². The molecule has 348 valence electrons. The van der Waals surface area contributed by atoms with Crippen LogP contribution < -0.4 is 31.3 Å². The second-order valence-electron chi connectivity index (χ2n) is 24.6. The number of benzene rings is 7. The molecule has 0 N–H and O–H groups in total. The van der Waals surface area contributed by atoms with Crippen molar-refractivity contribution in [1.29, 1.82) is 0 Å². The van der Waals surface area contributed by atoms with Gasteiger partial charge in [-0.05, 0) is 158 Å². The standard InChI is InChI=1S/C64H68BN3O/c1-60(2,3)41-29-30-52-53(36-41)67(47-34-42(61(4,5)6)33-43(35-47)62(7,8)9)54-37-48(66(44-23-17-14-18-24-44)45-25-19-15-20-26-45)38-55-57(54)65(52)59-58(68(55)46-27-21-16-22-28-46)49-39-50-51(40-56(49)69-59)64(12,13)32-31-63(50,10)11/h14-30,33-40H,31-32H2,1-13H3. The largest absolute Gasteiger partial charge is 0.468 e. The second-order valence-corrected chi connectivity index (χ2v) is 24.6. The van der Waals surface area contributed by atoms with E-state index in [2.05, 4.69) is 256 Å². The van der Waals surface area contributed by atoms with Crippen LogP contribution in [0.25, 0.3) is 11.0 Å². The normalized spacial score (nSPS) is 15.9. The van der Waals surface area contributed by atoms with Crippen molar-refractivity contribution in [2.24, 2.45) is 0 Å². The highest BCUT2D eigenvalue weighted by atomic mass is 16.3.